The highest BCUT2D eigenvalue weighted by Gasteiger charge is 2.26. The fourth-order valence-corrected chi connectivity index (χ4v) is 2.56. The van der Waals surface area contributed by atoms with Gasteiger partial charge in [-0.2, -0.15) is 0 Å². The second-order valence-corrected chi connectivity index (χ2v) is 5.38. The molecular formula is C13H15N3O3S. The van der Waals surface area contributed by atoms with Gasteiger partial charge in [-0.05, 0) is 24.3 Å². The first kappa shape index (κ1) is 14.4. The van der Waals surface area contributed by atoms with Gasteiger partial charge in [0.15, 0.2) is 0 Å². The molecule has 0 unspecified atom stereocenters. The minimum atomic E-state index is -0.276. The second kappa shape index (κ2) is 6.42. The van der Waals surface area contributed by atoms with Gasteiger partial charge >= 0.3 is 0 Å². The zero-order valence-electron chi connectivity index (χ0n) is 10.8. The molecule has 3 amide bonds. The van der Waals surface area contributed by atoms with Crippen LogP contribution < -0.4 is 11.1 Å². The third-order valence-electron chi connectivity index (χ3n) is 2.82. The molecule has 106 valence electrons. The van der Waals surface area contributed by atoms with E-state index in [0.717, 1.165) is 16.7 Å². The topological polar surface area (TPSA) is 92.5 Å². The standard InChI is InChI=1S/C13H15N3O3S/c14-9-1-3-10(4-2-9)15-11(17)5-7-16-12(18)6-8-20-13(16)19/h1-4H,5-8,14H2,(H,15,17). The molecule has 1 fully saturated rings. The first-order valence-electron chi connectivity index (χ1n) is 6.19. The Labute approximate surface area is 120 Å². The number of amides is 3. The molecule has 1 aromatic rings. The zero-order valence-corrected chi connectivity index (χ0v) is 11.6. The molecule has 20 heavy (non-hydrogen) atoms. The Kier molecular flexibility index (Phi) is 4.62. The van der Waals surface area contributed by atoms with Crippen LogP contribution in [0.1, 0.15) is 12.8 Å². The van der Waals surface area contributed by atoms with Gasteiger partial charge in [0.25, 0.3) is 5.24 Å². The fraction of sp³-hybridized carbons (Fsp3) is 0.308. The van der Waals surface area contributed by atoms with E-state index in [4.69, 9.17) is 5.73 Å². The predicted molar refractivity (Wildman–Crippen MR) is 78.3 cm³/mol. The number of anilines is 2. The van der Waals surface area contributed by atoms with Gasteiger partial charge in [0.05, 0.1) is 0 Å². The van der Waals surface area contributed by atoms with Gasteiger partial charge in [-0.15, -0.1) is 0 Å². The minimum Gasteiger partial charge on any atom is -0.399 e. The molecule has 0 aromatic heterocycles. The molecule has 0 radical (unpaired) electrons. The van der Waals surface area contributed by atoms with Gasteiger partial charge in [-0.25, -0.2) is 0 Å². The van der Waals surface area contributed by atoms with Crippen LogP contribution in [0.4, 0.5) is 16.2 Å². The maximum atomic E-state index is 11.8. The van der Waals surface area contributed by atoms with Gasteiger partial charge in [0.1, 0.15) is 0 Å². The Morgan fingerprint density at radius 3 is 2.65 bits per heavy atom. The van der Waals surface area contributed by atoms with Crippen LogP contribution in [-0.2, 0) is 9.59 Å². The Balaban J connectivity index is 1.84. The van der Waals surface area contributed by atoms with E-state index in [9.17, 15) is 14.4 Å². The Morgan fingerprint density at radius 1 is 1.30 bits per heavy atom. The predicted octanol–water partition coefficient (Wildman–Crippen LogP) is 1.68. The van der Waals surface area contributed by atoms with E-state index in [-0.39, 0.29) is 30.0 Å². The van der Waals surface area contributed by atoms with E-state index in [0.29, 0.717) is 23.5 Å². The first-order chi connectivity index (χ1) is 9.56. The lowest BCUT2D eigenvalue weighted by Crippen LogP contribution is -2.39. The van der Waals surface area contributed by atoms with Crippen LogP contribution in [-0.4, -0.2) is 34.3 Å². The van der Waals surface area contributed by atoms with Gasteiger partial charge in [-0.3, -0.25) is 19.3 Å². The minimum absolute atomic E-state index is 0.0857. The van der Waals surface area contributed by atoms with Crippen LogP contribution in [0.2, 0.25) is 0 Å². The number of nitrogen functional groups attached to an aromatic ring is 1. The van der Waals surface area contributed by atoms with Crippen molar-refractivity contribution >= 4 is 40.2 Å². The highest BCUT2D eigenvalue weighted by atomic mass is 32.2. The zero-order chi connectivity index (χ0) is 14.5. The van der Waals surface area contributed by atoms with Crippen molar-refractivity contribution in [2.24, 2.45) is 0 Å². The van der Waals surface area contributed by atoms with Crippen molar-refractivity contribution < 1.29 is 14.4 Å². The summed E-state index contributed by atoms with van der Waals surface area (Å²) >= 11 is 1.11. The molecule has 1 aromatic carbocycles. The number of nitrogens with two attached hydrogens (primary N) is 1. The quantitative estimate of drug-likeness (QED) is 0.824. The molecule has 1 heterocycles. The van der Waals surface area contributed by atoms with Crippen molar-refractivity contribution in [2.45, 2.75) is 12.8 Å². The molecule has 1 saturated heterocycles. The average molecular weight is 293 g/mol. The first-order valence-corrected chi connectivity index (χ1v) is 7.17. The van der Waals surface area contributed by atoms with E-state index in [1.807, 2.05) is 0 Å². The summed E-state index contributed by atoms with van der Waals surface area (Å²) in [5.74, 6) is 0.0613. The van der Waals surface area contributed by atoms with Gasteiger partial charge in [0.2, 0.25) is 11.8 Å². The monoisotopic (exact) mass is 293 g/mol. The third-order valence-corrected chi connectivity index (χ3v) is 3.70. The van der Waals surface area contributed by atoms with E-state index >= 15 is 0 Å². The molecule has 0 spiro atoms. The molecule has 0 bridgehead atoms. The summed E-state index contributed by atoms with van der Waals surface area (Å²) in [6, 6.07) is 6.76. The number of rotatable bonds is 4. The summed E-state index contributed by atoms with van der Waals surface area (Å²) in [5.41, 5.74) is 6.80. The highest BCUT2D eigenvalue weighted by molar-refractivity contribution is 8.13. The Hall–Kier alpha value is -2.02. The van der Waals surface area contributed by atoms with Crippen molar-refractivity contribution in [3.8, 4) is 0 Å². The van der Waals surface area contributed by atoms with Crippen molar-refractivity contribution in [3.05, 3.63) is 24.3 Å². The van der Waals surface area contributed by atoms with Crippen LogP contribution in [0, 0.1) is 0 Å². The Bertz CT molecular complexity index is 514. The number of hydrogen-bond donors (Lipinski definition) is 2. The van der Waals surface area contributed by atoms with E-state index in [1.165, 1.54) is 0 Å². The SMILES string of the molecule is Nc1ccc(NC(=O)CCN2C(=O)CCSC2=O)cc1. The molecule has 7 heteroatoms. The largest absolute Gasteiger partial charge is 0.399 e. The number of thioether (sulfide) groups is 1. The molecular weight excluding hydrogens is 278 g/mol. The summed E-state index contributed by atoms with van der Waals surface area (Å²) in [4.78, 5) is 36.0. The van der Waals surface area contributed by atoms with Crippen LogP contribution in [0.5, 0.6) is 0 Å². The lowest BCUT2D eigenvalue weighted by atomic mass is 10.2. The summed E-state index contributed by atoms with van der Waals surface area (Å²) in [7, 11) is 0. The Morgan fingerprint density at radius 2 is 2.00 bits per heavy atom. The molecule has 0 atom stereocenters. The molecule has 1 aliphatic rings. The summed E-state index contributed by atoms with van der Waals surface area (Å²) < 4.78 is 0. The highest BCUT2D eigenvalue weighted by Crippen LogP contribution is 2.18. The molecule has 3 N–H and O–H groups in total. The second-order valence-electron chi connectivity index (χ2n) is 4.33. The average Bonchev–Trinajstić information content (AvgIpc) is 2.41. The number of carbonyl (C=O) groups is 3. The summed E-state index contributed by atoms with van der Waals surface area (Å²) in [6.07, 6.45) is 0.429. The van der Waals surface area contributed by atoms with Crippen LogP contribution in [0.15, 0.2) is 24.3 Å². The molecule has 2 rings (SSSR count). The maximum Gasteiger partial charge on any atom is 0.288 e. The lowest BCUT2D eigenvalue weighted by Gasteiger charge is -2.23. The van der Waals surface area contributed by atoms with Gasteiger partial charge in [0, 0.05) is 36.5 Å². The number of carbonyl (C=O) groups excluding carboxylic acids is 3. The molecule has 0 saturated carbocycles. The maximum absolute atomic E-state index is 11.8. The number of nitrogens with one attached hydrogen (secondary N) is 1. The molecule has 1 aliphatic heterocycles. The van der Waals surface area contributed by atoms with Crippen molar-refractivity contribution in [3.63, 3.8) is 0 Å². The number of hydrogen-bond acceptors (Lipinski definition) is 5. The van der Waals surface area contributed by atoms with E-state index < -0.39 is 0 Å². The van der Waals surface area contributed by atoms with Crippen LogP contribution >= 0.6 is 11.8 Å². The van der Waals surface area contributed by atoms with E-state index in [2.05, 4.69) is 5.32 Å². The van der Waals surface area contributed by atoms with Crippen LogP contribution in [0.25, 0.3) is 0 Å². The lowest BCUT2D eigenvalue weighted by molar-refractivity contribution is -0.128. The van der Waals surface area contributed by atoms with Crippen molar-refractivity contribution in [2.75, 3.05) is 23.3 Å². The summed E-state index contributed by atoms with van der Waals surface area (Å²) in [6.45, 7) is 0.117. The van der Waals surface area contributed by atoms with Crippen LogP contribution in [0.3, 0.4) is 0 Å². The van der Waals surface area contributed by atoms with Gasteiger partial charge < -0.3 is 11.1 Å². The number of nitrogens with zero attached hydrogens (tertiary/aromatic N) is 1. The van der Waals surface area contributed by atoms with Crippen molar-refractivity contribution in [1.82, 2.24) is 4.90 Å². The van der Waals surface area contributed by atoms with E-state index in [1.54, 1.807) is 24.3 Å². The number of imide groups is 1. The third kappa shape index (κ3) is 3.74. The smallest absolute Gasteiger partial charge is 0.288 e. The molecule has 0 aliphatic carbocycles. The normalized spacial score (nSPS) is 15.3. The summed E-state index contributed by atoms with van der Waals surface area (Å²) in [5, 5.41) is 2.41. The molecule has 6 nitrogen and oxygen atoms in total. The fourth-order valence-electron chi connectivity index (χ4n) is 1.76. The van der Waals surface area contributed by atoms with Gasteiger partial charge in [-0.1, -0.05) is 11.8 Å². The van der Waals surface area contributed by atoms with Crippen molar-refractivity contribution in [1.29, 1.82) is 0 Å². The number of benzene rings is 1.